The minimum absolute atomic E-state index is 0.0401. The Kier molecular flexibility index (Phi) is 4.39. The van der Waals surface area contributed by atoms with E-state index in [9.17, 15) is 9.59 Å². The zero-order chi connectivity index (χ0) is 21.9. The summed E-state index contributed by atoms with van der Waals surface area (Å²) >= 11 is 12.6. The van der Waals surface area contributed by atoms with Gasteiger partial charge in [-0.1, -0.05) is 60.1 Å². The monoisotopic (exact) mass is 451 g/mol. The van der Waals surface area contributed by atoms with E-state index in [4.69, 9.17) is 27.9 Å². The number of ether oxygens (including phenoxy) is 1. The number of Topliss-reactive ketones (excluding diaryl/α,β-unsaturated/α-hetero) is 1. The second kappa shape index (κ2) is 6.90. The third-order valence-corrected chi connectivity index (χ3v) is 6.07. The Labute approximate surface area is 187 Å². The molecule has 2 aliphatic rings. The summed E-state index contributed by atoms with van der Waals surface area (Å²) in [6, 6.07) is 14.6. The zero-order valence-electron chi connectivity index (χ0n) is 16.5. The van der Waals surface area contributed by atoms with E-state index < -0.39 is 11.3 Å². The van der Waals surface area contributed by atoms with Crippen molar-refractivity contribution < 1.29 is 14.3 Å². The number of aromatic nitrogens is 2. The lowest BCUT2D eigenvalue weighted by Gasteiger charge is -2.36. The van der Waals surface area contributed by atoms with Gasteiger partial charge in [-0.25, -0.2) is 4.98 Å². The molecule has 0 radical (unpaired) electrons. The highest BCUT2D eigenvalue weighted by molar-refractivity contribution is 6.34. The fourth-order valence-electron chi connectivity index (χ4n) is 4.41. The van der Waals surface area contributed by atoms with Crippen LogP contribution in [0.5, 0.6) is 5.88 Å². The van der Waals surface area contributed by atoms with Crippen molar-refractivity contribution in [2.24, 2.45) is 0 Å². The van der Waals surface area contributed by atoms with Gasteiger partial charge in [0.2, 0.25) is 17.1 Å². The van der Waals surface area contributed by atoms with Gasteiger partial charge in [-0.2, -0.15) is 4.98 Å². The predicted octanol–water partition coefficient (Wildman–Crippen LogP) is 4.72. The van der Waals surface area contributed by atoms with Gasteiger partial charge in [0, 0.05) is 16.8 Å². The van der Waals surface area contributed by atoms with Crippen LogP contribution in [0.1, 0.15) is 29.2 Å². The quantitative estimate of drug-likeness (QED) is 0.450. The van der Waals surface area contributed by atoms with Crippen molar-refractivity contribution in [3.8, 4) is 5.88 Å². The number of anilines is 1. The molecule has 8 heteroatoms. The Morgan fingerprint density at radius 2 is 1.81 bits per heavy atom. The minimum atomic E-state index is -1.58. The summed E-state index contributed by atoms with van der Waals surface area (Å²) in [7, 11) is 0. The maximum Gasteiger partial charge on any atom is 0.244 e. The Morgan fingerprint density at radius 3 is 2.52 bits per heavy atom. The molecule has 0 aliphatic carbocycles. The number of amides is 1. The maximum absolute atomic E-state index is 13.8. The average molecular weight is 452 g/mol. The highest BCUT2D eigenvalue weighted by atomic mass is 35.5. The van der Waals surface area contributed by atoms with Crippen molar-refractivity contribution in [3.63, 3.8) is 0 Å². The smallest absolute Gasteiger partial charge is 0.244 e. The van der Waals surface area contributed by atoms with Crippen LogP contribution in [0.2, 0.25) is 10.4 Å². The van der Waals surface area contributed by atoms with Crippen molar-refractivity contribution in [1.29, 1.82) is 0 Å². The zero-order valence-corrected chi connectivity index (χ0v) is 18.0. The Morgan fingerprint density at radius 1 is 1.06 bits per heavy atom. The molecule has 2 aliphatic heterocycles. The second-order valence-electron chi connectivity index (χ2n) is 7.39. The molecular weight excluding hydrogens is 437 g/mol. The summed E-state index contributed by atoms with van der Waals surface area (Å²) in [5, 5.41) is 2.76. The molecule has 1 amide bonds. The molecule has 0 fully saturated rings. The molecule has 0 saturated heterocycles. The van der Waals surface area contributed by atoms with Crippen molar-refractivity contribution in [3.05, 3.63) is 86.8 Å². The number of hydrogen-bond acceptors (Lipinski definition) is 5. The van der Waals surface area contributed by atoms with Crippen LogP contribution in [-0.4, -0.2) is 21.7 Å². The summed E-state index contributed by atoms with van der Waals surface area (Å²) < 4.78 is 6.09. The van der Waals surface area contributed by atoms with Gasteiger partial charge in [-0.05, 0) is 31.0 Å². The van der Waals surface area contributed by atoms with Crippen LogP contribution in [0.15, 0.2) is 54.1 Å². The van der Waals surface area contributed by atoms with Crippen LogP contribution >= 0.6 is 23.2 Å². The van der Waals surface area contributed by atoms with Crippen LogP contribution in [0.4, 0.5) is 5.69 Å². The fourth-order valence-corrected chi connectivity index (χ4v) is 4.92. The van der Waals surface area contributed by atoms with E-state index in [0.717, 1.165) is 5.56 Å². The molecule has 1 N–H and O–H groups in total. The van der Waals surface area contributed by atoms with E-state index in [-0.39, 0.29) is 39.0 Å². The normalized spacial score (nSPS) is 19.0. The average Bonchev–Trinajstić information content (AvgIpc) is 3.01. The van der Waals surface area contributed by atoms with Gasteiger partial charge in [-0.15, -0.1) is 0 Å². The van der Waals surface area contributed by atoms with E-state index >= 15 is 0 Å². The molecule has 0 saturated carbocycles. The first-order chi connectivity index (χ1) is 14.9. The summed E-state index contributed by atoms with van der Waals surface area (Å²) in [6.45, 7) is 3.29. The van der Waals surface area contributed by atoms with Crippen LogP contribution in [0.3, 0.4) is 0 Å². The number of hydrogen-bond donors (Lipinski definition) is 1. The molecule has 3 heterocycles. The molecule has 1 unspecified atom stereocenters. The van der Waals surface area contributed by atoms with Crippen LogP contribution in [-0.2, 0) is 15.0 Å². The van der Waals surface area contributed by atoms with Gasteiger partial charge in [0.1, 0.15) is 16.3 Å². The van der Waals surface area contributed by atoms with Gasteiger partial charge in [-0.3, -0.25) is 9.59 Å². The molecule has 5 rings (SSSR count). The molecule has 6 nitrogen and oxygen atoms in total. The lowest BCUT2D eigenvalue weighted by atomic mass is 9.67. The van der Waals surface area contributed by atoms with Crippen molar-refractivity contribution in [2.45, 2.75) is 19.3 Å². The van der Waals surface area contributed by atoms with Crippen LogP contribution in [0, 0.1) is 6.92 Å². The van der Waals surface area contributed by atoms with Crippen LogP contribution < -0.4 is 10.1 Å². The fraction of sp³-hybridized carbons (Fsp3) is 0.130. The number of para-hydroxylation sites is 1. The van der Waals surface area contributed by atoms with Gasteiger partial charge in [0.05, 0.1) is 11.1 Å². The molecule has 31 heavy (non-hydrogen) atoms. The van der Waals surface area contributed by atoms with Gasteiger partial charge >= 0.3 is 0 Å². The third kappa shape index (κ3) is 2.65. The SMILES string of the molecule is CC(=O)C1=C(c2ccccc2)Oc2nc(Cl)nc(Cl)c2C12C(=O)Nc1c(C)cccc12. The molecule has 1 aromatic heterocycles. The number of rotatable bonds is 2. The molecule has 3 aromatic rings. The highest BCUT2D eigenvalue weighted by Crippen LogP contribution is 2.57. The van der Waals surface area contributed by atoms with Gasteiger partial charge in [0.15, 0.2) is 5.78 Å². The summed E-state index contributed by atoms with van der Waals surface area (Å²) in [5.41, 5.74) is 1.48. The lowest BCUT2D eigenvalue weighted by Crippen LogP contribution is -2.44. The first kappa shape index (κ1) is 19.7. The first-order valence-electron chi connectivity index (χ1n) is 9.49. The Bertz CT molecular complexity index is 1320. The Balaban J connectivity index is 1.99. The summed E-state index contributed by atoms with van der Waals surface area (Å²) in [4.78, 5) is 35.2. The number of carbonyl (C=O) groups excluding carboxylic acids is 2. The topological polar surface area (TPSA) is 81.2 Å². The van der Waals surface area contributed by atoms with Gasteiger partial charge in [0.25, 0.3) is 0 Å². The molecule has 1 spiro atoms. The minimum Gasteiger partial charge on any atom is -0.437 e. The van der Waals surface area contributed by atoms with Crippen molar-refractivity contribution in [2.75, 3.05) is 5.32 Å². The number of fused-ring (bicyclic) bond motifs is 4. The van der Waals surface area contributed by atoms with Crippen molar-refractivity contribution >= 4 is 46.3 Å². The molecule has 0 bridgehead atoms. The molecule has 1 atom stereocenters. The highest BCUT2D eigenvalue weighted by Gasteiger charge is 2.59. The Hall–Kier alpha value is -3.22. The molecule has 154 valence electrons. The van der Waals surface area contributed by atoms with Crippen LogP contribution in [0.25, 0.3) is 5.76 Å². The number of nitrogens with zero attached hydrogens (tertiary/aromatic N) is 2. The largest absolute Gasteiger partial charge is 0.437 e. The van der Waals surface area contributed by atoms with E-state index in [0.29, 0.717) is 16.8 Å². The van der Waals surface area contributed by atoms with E-state index in [1.807, 2.05) is 37.3 Å². The number of carbonyl (C=O) groups is 2. The number of nitrogens with one attached hydrogen (secondary N) is 1. The number of ketones is 1. The molecular formula is C23H15Cl2N3O3. The summed E-state index contributed by atoms with van der Waals surface area (Å²) in [6.07, 6.45) is 0. The lowest BCUT2D eigenvalue weighted by molar-refractivity contribution is -0.121. The van der Waals surface area contributed by atoms with E-state index in [1.54, 1.807) is 18.2 Å². The standard InChI is InChI=1S/C23H15Cl2N3O3/c1-11-7-6-10-14-17(11)26-21(30)23(14)15(12(2)29)18(13-8-4-3-5-9-13)31-20-16(23)19(24)27-22(25)28-20/h3-10H,1-2H3,(H,26,30). The number of benzene rings is 2. The van der Waals surface area contributed by atoms with Crippen molar-refractivity contribution in [1.82, 2.24) is 9.97 Å². The predicted molar refractivity (Wildman–Crippen MR) is 117 cm³/mol. The molecule has 2 aromatic carbocycles. The van der Waals surface area contributed by atoms with E-state index in [2.05, 4.69) is 15.3 Å². The summed E-state index contributed by atoms with van der Waals surface area (Å²) in [5.74, 6) is -0.484. The first-order valence-corrected chi connectivity index (χ1v) is 10.2. The number of halogens is 2. The maximum atomic E-state index is 13.8. The second-order valence-corrected chi connectivity index (χ2v) is 8.09. The number of aryl methyl sites for hydroxylation is 1. The van der Waals surface area contributed by atoms with E-state index in [1.165, 1.54) is 6.92 Å². The third-order valence-electron chi connectivity index (χ3n) is 5.62. The van der Waals surface area contributed by atoms with Gasteiger partial charge < -0.3 is 10.1 Å².